The quantitative estimate of drug-likeness (QED) is 0.918. The van der Waals surface area contributed by atoms with Crippen molar-refractivity contribution in [2.75, 3.05) is 6.54 Å². The number of hydrogen-bond donors (Lipinski definition) is 1. The van der Waals surface area contributed by atoms with Gasteiger partial charge in [-0.1, -0.05) is 30.6 Å². The highest BCUT2D eigenvalue weighted by Crippen LogP contribution is 2.34. The summed E-state index contributed by atoms with van der Waals surface area (Å²) in [6.45, 7) is 3.16. The van der Waals surface area contributed by atoms with E-state index in [1.807, 2.05) is 0 Å². The van der Waals surface area contributed by atoms with Crippen LogP contribution in [0.1, 0.15) is 49.9 Å². The van der Waals surface area contributed by atoms with Crippen molar-refractivity contribution in [3.8, 4) is 0 Å². The molecule has 1 aliphatic rings. The molecule has 1 aliphatic heterocycles. The summed E-state index contributed by atoms with van der Waals surface area (Å²) in [6.07, 6.45) is 4.81. The molecule has 21 heavy (non-hydrogen) atoms. The van der Waals surface area contributed by atoms with Gasteiger partial charge in [0.25, 0.3) is 0 Å². The normalized spacial score (nSPS) is 21.8. The summed E-state index contributed by atoms with van der Waals surface area (Å²) < 4.78 is 18.4. The maximum Gasteiger partial charge on any atom is 0.246 e. The van der Waals surface area contributed by atoms with E-state index in [0.717, 1.165) is 37.8 Å². The van der Waals surface area contributed by atoms with Gasteiger partial charge < -0.3 is 9.84 Å². The average Bonchev–Trinajstić information content (AvgIpc) is 3.12. The van der Waals surface area contributed by atoms with Gasteiger partial charge in [-0.05, 0) is 43.5 Å². The highest BCUT2D eigenvalue weighted by atomic mass is 19.1. The third-order valence-electron chi connectivity index (χ3n) is 4.07. The Morgan fingerprint density at radius 1 is 1.33 bits per heavy atom. The number of rotatable bonds is 5. The Bertz CT molecular complexity index is 588. The van der Waals surface area contributed by atoms with Crippen LogP contribution in [0.3, 0.4) is 0 Å². The zero-order valence-corrected chi connectivity index (χ0v) is 12.2. The number of nitrogens with one attached hydrogen (secondary N) is 1. The van der Waals surface area contributed by atoms with Gasteiger partial charge in [0.05, 0.1) is 5.54 Å². The summed E-state index contributed by atoms with van der Waals surface area (Å²) >= 11 is 0. The molecule has 1 atom stereocenters. The SMILES string of the molecule is CCCC1(c2nc(Cc3ccc(F)cc3)no2)CCCN1. The molecule has 112 valence electrons. The molecule has 0 saturated carbocycles. The molecule has 0 spiro atoms. The minimum absolute atomic E-state index is 0.150. The maximum atomic E-state index is 12.9. The van der Waals surface area contributed by atoms with Crippen LogP contribution in [-0.2, 0) is 12.0 Å². The van der Waals surface area contributed by atoms with Gasteiger partial charge in [0.15, 0.2) is 5.82 Å². The predicted molar refractivity (Wildman–Crippen MR) is 77.3 cm³/mol. The maximum absolute atomic E-state index is 12.9. The Balaban J connectivity index is 1.77. The Morgan fingerprint density at radius 3 is 2.81 bits per heavy atom. The third kappa shape index (κ3) is 2.97. The van der Waals surface area contributed by atoms with Gasteiger partial charge in [-0.25, -0.2) is 4.39 Å². The Morgan fingerprint density at radius 2 is 2.14 bits per heavy atom. The second-order valence-electron chi connectivity index (χ2n) is 5.68. The summed E-state index contributed by atoms with van der Waals surface area (Å²) in [5.74, 6) is 1.12. The van der Waals surface area contributed by atoms with E-state index in [1.54, 1.807) is 12.1 Å². The fourth-order valence-corrected chi connectivity index (χ4v) is 3.04. The molecule has 0 amide bonds. The lowest BCUT2D eigenvalue weighted by Gasteiger charge is -2.24. The topological polar surface area (TPSA) is 51.0 Å². The molecule has 1 fully saturated rings. The molecule has 2 heterocycles. The highest BCUT2D eigenvalue weighted by molar-refractivity contribution is 5.20. The van der Waals surface area contributed by atoms with Crippen molar-refractivity contribution in [3.05, 3.63) is 47.4 Å². The zero-order chi connectivity index (χ0) is 14.7. The number of nitrogens with zero attached hydrogens (tertiary/aromatic N) is 2. The second kappa shape index (κ2) is 5.93. The monoisotopic (exact) mass is 289 g/mol. The molecule has 0 radical (unpaired) electrons. The van der Waals surface area contributed by atoms with Crippen molar-refractivity contribution in [1.29, 1.82) is 0 Å². The van der Waals surface area contributed by atoms with Crippen molar-refractivity contribution in [1.82, 2.24) is 15.5 Å². The fourth-order valence-electron chi connectivity index (χ4n) is 3.04. The fraction of sp³-hybridized carbons (Fsp3) is 0.500. The molecule has 3 rings (SSSR count). The van der Waals surface area contributed by atoms with Gasteiger partial charge in [0, 0.05) is 6.42 Å². The van der Waals surface area contributed by atoms with Gasteiger partial charge in [-0.2, -0.15) is 4.98 Å². The Labute approximate surface area is 123 Å². The highest BCUT2D eigenvalue weighted by Gasteiger charge is 2.39. The predicted octanol–water partition coefficient (Wildman–Crippen LogP) is 3.18. The summed E-state index contributed by atoms with van der Waals surface area (Å²) in [4.78, 5) is 4.57. The molecule has 5 heteroatoms. The second-order valence-corrected chi connectivity index (χ2v) is 5.68. The van der Waals surface area contributed by atoms with E-state index < -0.39 is 0 Å². The molecule has 4 nitrogen and oxygen atoms in total. The number of halogens is 1. The molecule has 1 aromatic heterocycles. The number of hydrogen-bond acceptors (Lipinski definition) is 4. The van der Waals surface area contributed by atoms with Crippen LogP contribution in [0.4, 0.5) is 4.39 Å². The molecule has 2 aromatic rings. The lowest BCUT2D eigenvalue weighted by molar-refractivity contribution is 0.240. The van der Waals surface area contributed by atoms with Crippen molar-refractivity contribution >= 4 is 0 Å². The van der Waals surface area contributed by atoms with Crippen molar-refractivity contribution in [2.45, 2.75) is 44.6 Å². The Kier molecular flexibility index (Phi) is 4.01. The largest absolute Gasteiger partial charge is 0.337 e. The van der Waals surface area contributed by atoms with Crippen LogP contribution in [0.5, 0.6) is 0 Å². The van der Waals surface area contributed by atoms with E-state index in [2.05, 4.69) is 22.4 Å². The summed E-state index contributed by atoms with van der Waals surface area (Å²) in [7, 11) is 0. The van der Waals surface area contributed by atoms with Crippen LogP contribution in [0.2, 0.25) is 0 Å². The number of benzene rings is 1. The van der Waals surface area contributed by atoms with Crippen LogP contribution < -0.4 is 5.32 Å². The molecule has 0 aliphatic carbocycles. The molecule has 1 saturated heterocycles. The van der Waals surface area contributed by atoms with E-state index >= 15 is 0 Å². The van der Waals surface area contributed by atoms with E-state index in [0.29, 0.717) is 18.1 Å². The Hall–Kier alpha value is -1.75. The van der Waals surface area contributed by atoms with Gasteiger partial charge in [0.2, 0.25) is 5.89 Å². The molecular formula is C16H20FN3O. The number of aromatic nitrogens is 2. The van der Waals surface area contributed by atoms with Gasteiger partial charge in [-0.15, -0.1) is 0 Å². The minimum atomic E-state index is -0.232. The lowest BCUT2D eigenvalue weighted by Crippen LogP contribution is -2.37. The van der Waals surface area contributed by atoms with Crippen LogP contribution >= 0.6 is 0 Å². The first-order chi connectivity index (χ1) is 10.2. The molecule has 1 aromatic carbocycles. The smallest absolute Gasteiger partial charge is 0.246 e. The summed E-state index contributed by atoms with van der Waals surface area (Å²) in [5.41, 5.74) is 0.829. The van der Waals surface area contributed by atoms with Crippen LogP contribution in [0, 0.1) is 5.82 Å². The molecule has 1 N–H and O–H groups in total. The first kappa shape index (κ1) is 14.2. The van der Waals surface area contributed by atoms with Crippen LogP contribution in [0.15, 0.2) is 28.8 Å². The molecule has 1 unspecified atom stereocenters. The van der Waals surface area contributed by atoms with E-state index in [1.165, 1.54) is 12.1 Å². The van der Waals surface area contributed by atoms with E-state index in [9.17, 15) is 4.39 Å². The van der Waals surface area contributed by atoms with Gasteiger partial charge >= 0.3 is 0 Å². The summed E-state index contributed by atoms with van der Waals surface area (Å²) in [5, 5.41) is 7.61. The lowest BCUT2D eigenvalue weighted by atomic mass is 9.92. The standard InChI is InChI=1S/C16H20FN3O/c1-2-8-16(9-3-10-18-16)15-19-14(20-21-15)11-12-4-6-13(17)7-5-12/h4-7,18H,2-3,8-11H2,1H3. The molecule has 0 bridgehead atoms. The summed E-state index contributed by atoms with van der Waals surface area (Å²) in [6, 6.07) is 6.41. The van der Waals surface area contributed by atoms with Crippen molar-refractivity contribution in [3.63, 3.8) is 0 Å². The average molecular weight is 289 g/mol. The van der Waals surface area contributed by atoms with Crippen LogP contribution in [0.25, 0.3) is 0 Å². The first-order valence-corrected chi connectivity index (χ1v) is 7.54. The van der Waals surface area contributed by atoms with Crippen molar-refractivity contribution in [2.24, 2.45) is 0 Å². The van der Waals surface area contributed by atoms with Crippen molar-refractivity contribution < 1.29 is 8.91 Å². The van der Waals surface area contributed by atoms with E-state index in [-0.39, 0.29) is 11.4 Å². The third-order valence-corrected chi connectivity index (χ3v) is 4.07. The minimum Gasteiger partial charge on any atom is -0.337 e. The van der Waals surface area contributed by atoms with Gasteiger partial charge in [0.1, 0.15) is 5.82 Å². The first-order valence-electron chi connectivity index (χ1n) is 7.54. The van der Waals surface area contributed by atoms with E-state index in [4.69, 9.17) is 4.52 Å². The molecular weight excluding hydrogens is 269 g/mol. The van der Waals surface area contributed by atoms with Gasteiger partial charge in [-0.3, -0.25) is 0 Å². The zero-order valence-electron chi connectivity index (χ0n) is 12.2. The van der Waals surface area contributed by atoms with Crippen LogP contribution in [-0.4, -0.2) is 16.7 Å².